The first-order valence-corrected chi connectivity index (χ1v) is 4.39. The molecule has 0 aliphatic carbocycles. The van der Waals surface area contributed by atoms with Crippen LogP contribution in [0.5, 0.6) is 0 Å². The van der Waals surface area contributed by atoms with Gasteiger partial charge in [0, 0.05) is 6.54 Å². The monoisotopic (exact) mass is 161 g/mol. The van der Waals surface area contributed by atoms with Gasteiger partial charge < -0.3 is 10.1 Å². The van der Waals surface area contributed by atoms with Crippen LogP contribution in [0, 0.1) is 0 Å². The van der Waals surface area contributed by atoms with Gasteiger partial charge in [-0.05, 0) is 6.42 Å². The van der Waals surface area contributed by atoms with E-state index in [9.17, 15) is 0 Å². The van der Waals surface area contributed by atoms with Crippen LogP contribution in [-0.4, -0.2) is 24.6 Å². The van der Waals surface area contributed by atoms with Crippen molar-refractivity contribution in [3.63, 3.8) is 0 Å². The predicted molar refractivity (Wildman–Crippen MR) is 45.4 cm³/mol. The Morgan fingerprint density at radius 1 is 1.70 bits per heavy atom. The maximum Gasteiger partial charge on any atom is 0.0819 e. The van der Waals surface area contributed by atoms with Crippen molar-refractivity contribution in [1.82, 2.24) is 5.32 Å². The molecule has 2 nitrogen and oxygen atoms in total. The number of ether oxygens (including phenoxy) is 1. The van der Waals surface area contributed by atoms with Gasteiger partial charge in [-0.3, -0.25) is 0 Å². The van der Waals surface area contributed by atoms with Crippen LogP contribution in [0.4, 0.5) is 0 Å². The largest absolute Gasteiger partial charge is 0.374 e. The van der Waals surface area contributed by atoms with Gasteiger partial charge in [0.05, 0.1) is 18.1 Å². The molecule has 60 valence electrons. The number of hydrogen-bond donors (Lipinski definition) is 2. The Labute approximate surface area is 67.7 Å². The molecule has 1 aliphatic rings. The number of hydrogen-bond acceptors (Lipinski definition) is 3. The van der Waals surface area contributed by atoms with E-state index in [-0.39, 0.29) is 5.37 Å². The third-order valence-corrected chi connectivity index (χ3v) is 2.23. The van der Waals surface area contributed by atoms with Crippen LogP contribution in [0.15, 0.2) is 0 Å². The van der Waals surface area contributed by atoms with E-state index in [4.69, 9.17) is 4.74 Å². The van der Waals surface area contributed by atoms with E-state index in [1.165, 1.54) is 6.42 Å². The van der Waals surface area contributed by atoms with E-state index in [0.29, 0.717) is 6.10 Å². The molecule has 0 saturated carbocycles. The Kier molecular flexibility index (Phi) is 3.52. The first-order valence-electron chi connectivity index (χ1n) is 3.87. The number of morpholine rings is 1. The van der Waals surface area contributed by atoms with Crippen LogP contribution in [0.3, 0.4) is 0 Å². The maximum atomic E-state index is 5.49. The molecular weight excluding hydrogens is 146 g/mol. The fourth-order valence-corrected chi connectivity index (χ4v) is 1.53. The molecule has 0 amide bonds. The molecule has 0 bridgehead atoms. The Hall–Kier alpha value is 0.270. The second kappa shape index (κ2) is 4.21. The zero-order valence-electron chi connectivity index (χ0n) is 6.34. The van der Waals surface area contributed by atoms with Gasteiger partial charge >= 0.3 is 0 Å². The summed E-state index contributed by atoms with van der Waals surface area (Å²) in [6.45, 7) is 3.94. The highest BCUT2D eigenvalue weighted by atomic mass is 32.1. The molecule has 0 aromatic carbocycles. The van der Waals surface area contributed by atoms with Crippen LogP contribution in [0.1, 0.15) is 19.8 Å². The Bertz CT molecular complexity index is 97.6. The SMILES string of the molecule is CCCC1OCCNC1S. The predicted octanol–water partition coefficient (Wildman–Crippen LogP) is 1.03. The lowest BCUT2D eigenvalue weighted by molar-refractivity contribution is 0.0145. The van der Waals surface area contributed by atoms with Gasteiger partial charge in [-0.2, -0.15) is 12.6 Å². The van der Waals surface area contributed by atoms with Gasteiger partial charge in [0.2, 0.25) is 0 Å². The smallest absolute Gasteiger partial charge is 0.0819 e. The van der Waals surface area contributed by atoms with Crippen molar-refractivity contribution in [2.24, 2.45) is 0 Å². The highest BCUT2D eigenvalue weighted by molar-refractivity contribution is 7.81. The molecule has 0 aromatic heterocycles. The number of nitrogens with one attached hydrogen (secondary N) is 1. The summed E-state index contributed by atoms with van der Waals surface area (Å²) in [6.07, 6.45) is 2.60. The summed E-state index contributed by atoms with van der Waals surface area (Å²) in [5.74, 6) is 0. The van der Waals surface area contributed by atoms with E-state index < -0.39 is 0 Å². The number of thiol groups is 1. The normalized spacial score (nSPS) is 34.2. The quantitative estimate of drug-likeness (QED) is 0.590. The summed E-state index contributed by atoms with van der Waals surface area (Å²) in [7, 11) is 0. The molecule has 0 radical (unpaired) electrons. The Morgan fingerprint density at radius 3 is 3.10 bits per heavy atom. The molecule has 2 atom stereocenters. The molecule has 1 fully saturated rings. The van der Waals surface area contributed by atoms with E-state index in [1.807, 2.05) is 0 Å². The Morgan fingerprint density at radius 2 is 2.50 bits per heavy atom. The van der Waals surface area contributed by atoms with E-state index >= 15 is 0 Å². The molecule has 1 saturated heterocycles. The van der Waals surface area contributed by atoms with Gasteiger partial charge in [0.25, 0.3) is 0 Å². The van der Waals surface area contributed by atoms with Crippen LogP contribution in [-0.2, 0) is 4.74 Å². The molecule has 0 spiro atoms. The minimum atomic E-state index is 0.244. The molecular formula is C7H15NOS. The third kappa shape index (κ3) is 2.15. The van der Waals surface area contributed by atoms with Crippen molar-refractivity contribution >= 4 is 12.6 Å². The minimum absolute atomic E-state index is 0.244. The van der Waals surface area contributed by atoms with Crippen molar-refractivity contribution in [3.8, 4) is 0 Å². The lowest BCUT2D eigenvalue weighted by Gasteiger charge is -2.29. The maximum absolute atomic E-state index is 5.49. The van der Waals surface area contributed by atoms with E-state index in [0.717, 1.165) is 19.6 Å². The molecule has 1 aliphatic heterocycles. The lowest BCUT2D eigenvalue weighted by atomic mass is 10.2. The molecule has 3 heteroatoms. The highest BCUT2D eigenvalue weighted by Gasteiger charge is 2.20. The summed E-state index contributed by atoms with van der Waals surface area (Å²) in [4.78, 5) is 0. The number of rotatable bonds is 2. The summed E-state index contributed by atoms with van der Waals surface area (Å²) in [6, 6.07) is 0. The van der Waals surface area contributed by atoms with Crippen LogP contribution < -0.4 is 5.32 Å². The van der Waals surface area contributed by atoms with Gasteiger partial charge in [-0.15, -0.1) is 0 Å². The zero-order valence-corrected chi connectivity index (χ0v) is 7.23. The van der Waals surface area contributed by atoms with Gasteiger partial charge in [0.1, 0.15) is 0 Å². The first-order chi connectivity index (χ1) is 4.84. The van der Waals surface area contributed by atoms with E-state index in [2.05, 4.69) is 24.9 Å². The summed E-state index contributed by atoms with van der Waals surface area (Å²) < 4.78 is 5.49. The average molecular weight is 161 g/mol. The minimum Gasteiger partial charge on any atom is -0.374 e. The standard InChI is InChI=1S/C7H15NOS/c1-2-3-6-7(10)8-4-5-9-6/h6-8,10H,2-5H2,1H3. The lowest BCUT2D eigenvalue weighted by Crippen LogP contribution is -2.44. The summed E-state index contributed by atoms with van der Waals surface area (Å²) >= 11 is 4.35. The topological polar surface area (TPSA) is 21.3 Å². The molecule has 2 unspecified atom stereocenters. The van der Waals surface area contributed by atoms with Crippen molar-refractivity contribution < 1.29 is 4.74 Å². The van der Waals surface area contributed by atoms with Crippen molar-refractivity contribution in [3.05, 3.63) is 0 Å². The van der Waals surface area contributed by atoms with Gasteiger partial charge in [-0.25, -0.2) is 0 Å². The average Bonchev–Trinajstić information content (AvgIpc) is 1.94. The fourth-order valence-electron chi connectivity index (χ4n) is 1.17. The van der Waals surface area contributed by atoms with Crippen LogP contribution in [0.2, 0.25) is 0 Å². The molecule has 0 aromatic rings. The zero-order chi connectivity index (χ0) is 7.40. The summed E-state index contributed by atoms with van der Waals surface area (Å²) in [5, 5.41) is 3.50. The van der Waals surface area contributed by atoms with Gasteiger partial charge in [0.15, 0.2) is 0 Å². The second-order valence-corrected chi connectivity index (χ2v) is 3.15. The van der Waals surface area contributed by atoms with Crippen LogP contribution in [0.25, 0.3) is 0 Å². The third-order valence-electron chi connectivity index (χ3n) is 1.71. The summed E-state index contributed by atoms with van der Waals surface area (Å²) in [5.41, 5.74) is 0. The Balaban J connectivity index is 2.25. The van der Waals surface area contributed by atoms with Crippen molar-refractivity contribution in [1.29, 1.82) is 0 Å². The molecule has 1 rings (SSSR count). The van der Waals surface area contributed by atoms with Crippen LogP contribution >= 0.6 is 12.6 Å². The molecule has 10 heavy (non-hydrogen) atoms. The van der Waals surface area contributed by atoms with Crippen molar-refractivity contribution in [2.45, 2.75) is 31.2 Å². The highest BCUT2D eigenvalue weighted by Crippen LogP contribution is 2.12. The second-order valence-electron chi connectivity index (χ2n) is 2.60. The molecule has 1 N–H and O–H groups in total. The fraction of sp³-hybridized carbons (Fsp3) is 1.00. The van der Waals surface area contributed by atoms with Crippen molar-refractivity contribution in [2.75, 3.05) is 13.2 Å². The first kappa shape index (κ1) is 8.37. The molecule has 1 heterocycles. The van der Waals surface area contributed by atoms with E-state index in [1.54, 1.807) is 0 Å². The van der Waals surface area contributed by atoms with Gasteiger partial charge in [-0.1, -0.05) is 13.3 Å².